The number of hydrogen-bond acceptors (Lipinski definition) is 1. The first-order valence-electron chi connectivity index (χ1n) is 5.84. The molecule has 1 nitrogen and oxygen atoms in total. The first kappa shape index (κ1) is 10.2. The fourth-order valence-corrected chi connectivity index (χ4v) is 2.32. The van der Waals surface area contributed by atoms with Crippen LogP contribution >= 0.6 is 0 Å². The summed E-state index contributed by atoms with van der Waals surface area (Å²) in [6, 6.07) is 16.3. The van der Waals surface area contributed by atoms with Gasteiger partial charge in [-0.15, -0.1) is 0 Å². The van der Waals surface area contributed by atoms with E-state index in [1.54, 1.807) is 0 Å². The monoisotopic (exact) mass is 222 g/mol. The van der Waals surface area contributed by atoms with Crippen molar-refractivity contribution in [2.45, 2.75) is 12.5 Å². The SMILES string of the molecule is C=Cc1cccc2c1C(Oc1ccccc1)C2. The van der Waals surface area contributed by atoms with E-state index in [4.69, 9.17) is 4.74 Å². The minimum Gasteiger partial charge on any atom is -0.485 e. The van der Waals surface area contributed by atoms with E-state index in [0.29, 0.717) is 0 Å². The van der Waals surface area contributed by atoms with Crippen molar-refractivity contribution in [3.63, 3.8) is 0 Å². The fraction of sp³-hybridized carbons (Fsp3) is 0.125. The Morgan fingerprint density at radius 3 is 2.65 bits per heavy atom. The number of benzene rings is 2. The molecule has 3 rings (SSSR count). The van der Waals surface area contributed by atoms with Crippen LogP contribution in [0.15, 0.2) is 55.1 Å². The quantitative estimate of drug-likeness (QED) is 0.762. The molecule has 0 saturated heterocycles. The first-order chi connectivity index (χ1) is 8.38. The largest absolute Gasteiger partial charge is 0.485 e. The van der Waals surface area contributed by atoms with Gasteiger partial charge >= 0.3 is 0 Å². The summed E-state index contributed by atoms with van der Waals surface area (Å²) in [5, 5.41) is 0. The van der Waals surface area contributed by atoms with E-state index >= 15 is 0 Å². The Kier molecular flexibility index (Phi) is 2.45. The summed E-state index contributed by atoms with van der Waals surface area (Å²) >= 11 is 0. The molecule has 17 heavy (non-hydrogen) atoms. The van der Waals surface area contributed by atoms with Gasteiger partial charge in [0.25, 0.3) is 0 Å². The van der Waals surface area contributed by atoms with Crippen molar-refractivity contribution in [3.05, 3.63) is 71.8 Å². The molecule has 1 aliphatic carbocycles. The molecule has 84 valence electrons. The molecule has 0 fully saturated rings. The molecule has 2 aromatic rings. The van der Waals surface area contributed by atoms with E-state index in [9.17, 15) is 0 Å². The third-order valence-electron chi connectivity index (χ3n) is 3.20. The molecule has 1 atom stereocenters. The highest BCUT2D eigenvalue weighted by molar-refractivity contribution is 5.59. The molecule has 1 aliphatic rings. The summed E-state index contributed by atoms with van der Waals surface area (Å²) in [5.74, 6) is 0.932. The summed E-state index contributed by atoms with van der Waals surface area (Å²) in [6.07, 6.45) is 3.08. The first-order valence-corrected chi connectivity index (χ1v) is 5.84. The lowest BCUT2D eigenvalue weighted by Crippen LogP contribution is -2.23. The normalized spacial score (nSPS) is 16.8. The lowest BCUT2D eigenvalue weighted by atomic mass is 9.82. The number of ether oxygens (including phenoxy) is 1. The smallest absolute Gasteiger partial charge is 0.129 e. The highest BCUT2D eigenvalue weighted by Gasteiger charge is 2.29. The van der Waals surface area contributed by atoms with Crippen LogP contribution < -0.4 is 4.74 Å². The van der Waals surface area contributed by atoms with Crippen LogP contribution in [-0.2, 0) is 6.42 Å². The number of rotatable bonds is 3. The van der Waals surface area contributed by atoms with Gasteiger partial charge in [0, 0.05) is 12.0 Å². The zero-order valence-electron chi connectivity index (χ0n) is 9.60. The summed E-state index contributed by atoms with van der Waals surface area (Å²) in [6.45, 7) is 3.85. The number of fused-ring (bicyclic) bond motifs is 1. The molecule has 0 heterocycles. The minimum atomic E-state index is 0.182. The molecule has 0 spiro atoms. The van der Waals surface area contributed by atoms with E-state index in [1.165, 1.54) is 16.7 Å². The highest BCUT2D eigenvalue weighted by Crippen LogP contribution is 2.39. The van der Waals surface area contributed by atoms with Crippen LogP contribution in [0.4, 0.5) is 0 Å². The van der Waals surface area contributed by atoms with Crippen LogP contribution in [0.25, 0.3) is 6.08 Å². The van der Waals surface area contributed by atoms with Crippen LogP contribution in [-0.4, -0.2) is 0 Å². The van der Waals surface area contributed by atoms with Gasteiger partial charge in [-0.05, 0) is 23.3 Å². The Morgan fingerprint density at radius 2 is 1.88 bits per heavy atom. The number of hydrogen-bond donors (Lipinski definition) is 0. The average Bonchev–Trinajstić information content (AvgIpc) is 2.36. The highest BCUT2D eigenvalue weighted by atomic mass is 16.5. The van der Waals surface area contributed by atoms with E-state index in [2.05, 4.69) is 24.8 Å². The summed E-state index contributed by atoms with van der Waals surface area (Å²) in [4.78, 5) is 0. The average molecular weight is 222 g/mol. The molecule has 0 bridgehead atoms. The van der Waals surface area contributed by atoms with E-state index in [1.807, 2.05) is 36.4 Å². The molecule has 0 saturated carbocycles. The molecular weight excluding hydrogens is 208 g/mol. The molecule has 0 radical (unpaired) electrons. The van der Waals surface area contributed by atoms with E-state index < -0.39 is 0 Å². The second-order valence-corrected chi connectivity index (χ2v) is 4.25. The Hall–Kier alpha value is -2.02. The predicted octanol–water partition coefficient (Wildman–Crippen LogP) is 4.01. The van der Waals surface area contributed by atoms with Gasteiger partial charge in [-0.3, -0.25) is 0 Å². The molecule has 0 aliphatic heterocycles. The summed E-state index contributed by atoms with van der Waals surface area (Å²) in [5.41, 5.74) is 3.87. The molecule has 1 unspecified atom stereocenters. The van der Waals surface area contributed by atoms with E-state index in [-0.39, 0.29) is 6.10 Å². The molecular formula is C16H14O. The maximum absolute atomic E-state index is 5.97. The topological polar surface area (TPSA) is 9.23 Å². The van der Waals surface area contributed by atoms with Crippen LogP contribution in [0, 0.1) is 0 Å². The van der Waals surface area contributed by atoms with Gasteiger partial charge in [0.05, 0.1) is 0 Å². The maximum Gasteiger partial charge on any atom is 0.129 e. The predicted molar refractivity (Wildman–Crippen MR) is 70.0 cm³/mol. The van der Waals surface area contributed by atoms with Crippen molar-refractivity contribution < 1.29 is 4.74 Å². The van der Waals surface area contributed by atoms with Gasteiger partial charge in [0.2, 0.25) is 0 Å². The summed E-state index contributed by atoms with van der Waals surface area (Å²) in [7, 11) is 0. The Morgan fingerprint density at radius 1 is 1.06 bits per heavy atom. The van der Waals surface area contributed by atoms with Crippen molar-refractivity contribution in [1.29, 1.82) is 0 Å². The fourth-order valence-electron chi connectivity index (χ4n) is 2.32. The van der Waals surface area contributed by atoms with Crippen molar-refractivity contribution in [1.82, 2.24) is 0 Å². The second-order valence-electron chi connectivity index (χ2n) is 4.25. The van der Waals surface area contributed by atoms with Gasteiger partial charge in [0.15, 0.2) is 0 Å². The zero-order valence-corrected chi connectivity index (χ0v) is 9.60. The van der Waals surface area contributed by atoms with Crippen molar-refractivity contribution >= 4 is 6.08 Å². The molecule has 0 amide bonds. The van der Waals surface area contributed by atoms with E-state index in [0.717, 1.165) is 12.2 Å². The Bertz CT molecular complexity index is 543. The van der Waals surface area contributed by atoms with Crippen molar-refractivity contribution in [3.8, 4) is 5.75 Å². The van der Waals surface area contributed by atoms with Gasteiger partial charge < -0.3 is 4.74 Å². The lowest BCUT2D eigenvalue weighted by Gasteiger charge is -2.32. The second kappa shape index (κ2) is 4.10. The van der Waals surface area contributed by atoms with Crippen LogP contribution in [0.2, 0.25) is 0 Å². The molecule has 2 aromatic carbocycles. The summed E-state index contributed by atoms with van der Waals surface area (Å²) < 4.78 is 5.97. The van der Waals surface area contributed by atoms with Crippen LogP contribution in [0.5, 0.6) is 5.75 Å². The Balaban J connectivity index is 1.87. The van der Waals surface area contributed by atoms with Crippen LogP contribution in [0.3, 0.4) is 0 Å². The lowest BCUT2D eigenvalue weighted by molar-refractivity contribution is 0.181. The number of para-hydroxylation sites is 1. The van der Waals surface area contributed by atoms with Gasteiger partial charge in [-0.2, -0.15) is 0 Å². The van der Waals surface area contributed by atoms with Gasteiger partial charge in [-0.25, -0.2) is 0 Å². The Labute approximate surface area is 101 Å². The third kappa shape index (κ3) is 1.74. The standard InChI is InChI=1S/C16H14O/c1-2-12-7-6-8-13-11-15(16(12)13)17-14-9-4-3-5-10-14/h2-10,15H,1,11H2. The minimum absolute atomic E-state index is 0.182. The molecule has 1 heteroatoms. The zero-order chi connectivity index (χ0) is 11.7. The van der Waals surface area contributed by atoms with Gasteiger partial charge in [-0.1, -0.05) is 49.1 Å². The third-order valence-corrected chi connectivity index (χ3v) is 3.20. The van der Waals surface area contributed by atoms with Crippen molar-refractivity contribution in [2.75, 3.05) is 0 Å². The van der Waals surface area contributed by atoms with Crippen molar-refractivity contribution in [2.24, 2.45) is 0 Å². The molecule has 0 aromatic heterocycles. The van der Waals surface area contributed by atoms with Gasteiger partial charge in [0.1, 0.15) is 11.9 Å². The van der Waals surface area contributed by atoms with Crippen LogP contribution in [0.1, 0.15) is 22.8 Å². The molecule has 0 N–H and O–H groups in total. The maximum atomic E-state index is 5.97.